The van der Waals surface area contributed by atoms with Crippen molar-refractivity contribution in [3.63, 3.8) is 0 Å². The summed E-state index contributed by atoms with van der Waals surface area (Å²) in [5.41, 5.74) is 0.805. The van der Waals surface area contributed by atoms with Crippen LogP contribution in [0.15, 0.2) is 29.3 Å². The molecule has 7 heteroatoms. The third kappa shape index (κ3) is 8.85. The first-order chi connectivity index (χ1) is 14.7. The summed E-state index contributed by atoms with van der Waals surface area (Å²) < 4.78 is 13.9. The minimum Gasteiger partial charge on any atom is -0.356 e. The number of guanidine groups is 1. The molecule has 31 heavy (non-hydrogen) atoms. The summed E-state index contributed by atoms with van der Waals surface area (Å²) >= 11 is 0. The van der Waals surface area contributed by atoms with Crippen LogP contribution >= 0.6 is 24.0 Å². The standard InChI is InChI=1S/C24H40FN5.HI/c1-3-4-13-29-16-11-22(12-17-29)28-24(26-2)27-18-20-9-14-30(15-10-20)19-21-7-5-6-8-23(21)25;/h5-8,20,22H,3-4,9-19H2,1-2H3,(H2,26,27,28);1H. The van der Waals surface area contributed by atoms with Crippen LogP contribution < -0.4 is 10.6 Å². The summed E-state index contributed by atoms with van der Waals surface area (Å²) in [6.45, 7) is 9.62. The molecule has 0 bridgehead atoms. The maximum Gasteiger partial charge on any atom is 0.191 e. The molecular weight excluding hydrogens is 504 g/mol. The van der Waals surface area contributed by atoms with Crippen LogP contribution in [-0.4, -0.2) is 68.1 Å². The number of nitrogens with one attached hydrogen (secondary N) is 2. The molecule has 0 spiro atoms. The van der Waals surface area contributed by atoms with Crippen LogP contribution in [0.25, 0.3) is 0 Å². The molecule has 2 aliphatic heterocycles. The summed E-state index contributed by atoms with van der Waals surface area (Å²) in [5.74, 6) is 1.50. The van der Waals surface area contributed by atoms with Crippen molar-refractivity contribution in [2.75, 3.05) is 46.3 Å². The first kappa shape index (κ1) is 26.3. The topological polar surface area (TPSA) is 42.9 Å². The molecule has 0 atom stereocenters. The lowest BCUT2D eigenvalue weighted by Crippen LogP contribution is -2.50. The van der Waals surface area contributed by atoms with Crippen molar-refractivity contribution >= 4 is 29.9 Å². The molecule has 0 aromatic heterocycles. The largest absolute Gasteiger partial charge is 0.356 e. The number of benzene rings is 1. The van der Waals surface area contributed by atoms with Gasteiger partial charge in [-0.05, 0) is 63.7 Å². The van der Waals surface area contributed by atoms with Gasteiger partial charge in [0.25, 0.3) is 0 Å². The van der Waals surface area contributed by atoms with Gasteiger partial charge < -0.3 is 15.5 Å². The molecule has 2 N–H and O–H groups in total. The second-order valence-electron chi connectivity index (χ2n) is 8.88. The zero-order valence-corrected chi connectivity index (χ0v) is 21.6. The number of nitrogens with zero attached hydrogens (tertiary/aromatic N) is 3. The minimum absolute atomic E-state index is 0. The van der Waals surface area contributed by atoms with Crippen molar-refractivity contribution in [1.82, 2.24) is 20.4 Å². The second-order valence-corrected chi connectivity index (χ2v) is 8.88. The van der Waals surface area contributed by atoms with E-state index in [9.17, 15) is 4.39 Å². The van der Waals surface area contributed by atoms with E-state index in [1.807, 2.05) is 19.2 Å². The average molecular weight is 546 g/mol. The van der Waals surface area contributed by atoms with Crippen molar-refractivity contribution in [1.29, 1.82) is 0 Å². The number of hydrogen-bond acceptors (Lipinski definition) is 3. The van der Waals surface area contributed by atoms with Crippen LogP contribution in [0.3, 0.4) is 0 Å². The predicted molar refractivity (Wildman–Crippen MR) is 139 cm³/mol. The normalized spacial score (nSPS) is 19.8. The SMILES string of the molecule is CCCCN1CCC(NC(=NC)NCC2CCN(Cc3ccccc3F)CC2)CC1.I. The molecule has 0 aliphatic carbocycles. The first-order valence-corrected chi connectivity index (χ1v) is 11.8. The Bertz CT molecular complexity index is 655. The first-order valence-electron chi connectivity index (χ1n) is 11.8. The Kier molecular flexibility index (Phi) is 12.1. The predicted octanol–water partition coefficient (Wildman–Crippen LogP) is 4.09. The van der Waals surface area contributed by atoms with Gasteiger partial charge in [0.2, 0.25) is 0 Å². The van der Waals surface area contributed by atoms with Gasteiger partial charge in [-0.3, -0.25) is 9.89 Å². The van der Waals surface area contributed by atoms with Crippen LogP contribution in [0.1, 0.15) is 51.0 Å². The van der Waals surface area contributed by atoms with E-state index in [0.29, 0.717) is 18.5 Å². The van der Waals surface area contributed by atoms with Crippen molar-refractivity contribution in [2.45, 2.75) is 58.0 Å². The van der Waals surface area contributed by atoms with Gasteiger partial charge in [0.1, 0.15) is 5.82 Å². The van der Waals surface area contributed by atoms with Gasteiger partial charge in [-0.2, -0.15) is 0 Å². The third-order valence-corrected chi connectivity index (χ3v) is 6.60. The van der Waals surface area contributed by atoms with Crippen LogP contribution in [0.2, 0.25) is 0 Å². The lowest BCUT2D eigenvalue weighted by Gasteiger charge is -2.34. The van der Waals surface area contributed by atoms with Crippen molar-refractivity contribution in [3.8, 4) is 0 Å². The highest BCUT2D eigenvalue weighted by Gasteiger charge is 2.22. The summed E-state index contributed by atoms with van der Waals surface area (Å²) in [7, 11) is 1.86. The van der Waals surface area contributed by atoms with Gasteiger partial charge in [0, 0.05) is 44.8 Å². The molecule has 2 aliphatic rings. The molecule has 0 radical (unpaired) electrons. The molecule has 1 aromatic rings. The summed E-state index contributed by atoms with van der Waals surface area (Å²) in [6.07, 6.45) is 7.26. The molecule has 2 heterocycles. The molecule has 2 fully saturated rings. The minimum atomic E-state index is -0.0904. The molecule has 0 amide bonds. The van der Waals surface area contributed by atoms with E-state index in [4.69, 9.17) is 0 Å². The van der Waals surface area contributed by atoms with Gasteiger partial charge >= 0.3 is 0 Å². The highest BCUT2D eigenvalue weighted by molar-refractivity contribution is 14.0. The van der Waals surface area contributed by atoms with Gasteiger partial charge in [-0.25, -0.2) is 4.39 Å². The smallest absolute Gasteiger partial charge is 0.191 e. The van der Waals surface area contributed by atoms with Crippen LogP contribution in [0, 0.1) is 11.7 Å². The maximum absolute atomic E-state index is 13.9. The Hall–Kier alpha value is -0.930. The van der Waals surface area contributed by atoms with E-state index >= 15 is 0 Å². The number of unbranched alkanes of at least 4 members (excludes halogenated alkanes) is 1. The Labute approximate surface area is 205 Å². The van der Waals surface area contributed by atoms with Crippen LogP contribution in [0.4, 0.5) is 4.39 Å². The van der Waals surface area contributed by atoms with E-state index in [1.54, 1.807) is 12.1 Å². The van der Waals surface area contributed by atoms with Gasteiger partial charge in [-0.15, -0.1) is 24.0 Å². The zero-order valence-electron chi connectivity index (χ0n) is 19.3. The number of likely N-dealkylation sites (tertiary alicyclic amines) is 2. The second kappa shape index (κ2) is 14.3. The van der Waals surface area contributed by atoms with E-state index in [-0.39, 0.29) is 29.8 Å². The van der Waals surface area contributed by atoms with Gasteiger partial charge in [0.05, 0.1) is 0 Å². The van der Waals surface area contributed by atoms with E-state index < -0.39 is 0 Å². The maximum atomic E-state index is 13.9. The lowest BCUT2D eigenvalue weighted by molar-refractivity contribution is 0.176. The van der Waals surface area contributed by atoms with Crippen molar-refractivity contribution in [3.05, 3.63) is 35.6 Å². The van der Waals surface area contributed by atoms with Crippen molar-refractivity contribution in [2.24, 2.45) is 10.9 Å². The number of hydrogen-bond donors (Lipinski definition) is 2. The number of piperidine rings is 2. The van der Waals surface area contributed by atoms with E-state index in [0.717, 1.165) is 44.0 Å². The van der Waals surface area contributed by atoms with Gasteiger partial charge in [0.15, 0.2) is 5.96 Å². The number of aliphatic imine (C=N–C) groups is 1. The zero-order chi connectivity index (χ0) is 21.2. The molecule has 1 aromatic carbocycles. The molecule has 176 valence electrons. The Morgan fingerprint density at radius 2 is 1.74 bits per heavy atom. The Morgan fingerprint density at radius 3 is 2.39 bits per heavy atom. The third-order valence-electron chi connectivity index (χ3n) is 6.60. The molecule has 2 saturated heterocycles. The average Bonchev–Trinajstić information content (AvgIpc) is 2.78. The highest BCUT2D eigenvalue weighted by atomic mass is 127. The van der Waals surface area contributed by atoms with Crippen LogP contribution in [0.5, 0.6) is 0 Å². The molecule has 3 rings (SSSR count). The summed E-state index contributed by atoms with van der Waals surface area (Å²) in [5, 5.41) is 7.18. The quantitative estimate of drug-likeness (QED) is 0.294. The Balaban J connectivity index is 0.00000341. The van der Waals surface area contributed by atoms with Crippen molar-refractivity contribution < 1.29 is 4.39 Å². The molecule has 0 saturated carbocycles. The fourth-order valence-electron chi connectivity index (χ4n) is 4.53. The Morgan fingerprint density at radius 1 is 1.06 bits per heavy atom. The van der Waals surface area contributed by atoms with E-state index in [2.05, 4.69) is 32.3 Å². The number of halogens is 2. The van der Waals surface area contributed by atoms with E-state index in [1.165, 1.54) is 45.3 Å². The highest BCUT2D eigenvalue weighted by Crippen LogP contribution is 2.19. The van der Waals surface area contributed by atoms with Gasteiger partial charge in [-0.1, -0.05) is 31.5 Å². The summed E-state index contributed by atoms with van der Waals surface area (Å²) in [6, 6.07) is 7.65. The summed E-state index contributed by atoms with van der Waals surface area (Å²) in [4.78, 5) is 9.40. The molecule has 5 nitrogen and oxygen atoms in total. The molecular formula is C24H41FIN5. The molecule has 0 unspecified atom stereocenters. The fourth-order valence-corrected chi connectivity index (χ4v) is 4.53. The van der Waals surface area contributed by atoms with Crippen LogP contribution in [-0.2, 0) is 6.54 Å². The lowest BCUT2D eigenvalue weighted by atomic mass is 9.96. The monoisotopic (exact) mass is 545 g/mol. The fraction of sp³-hybridized carbons (Fsp3) is 0.708. The number of rotatable bonds is 8.